The molecule has 0 saturated carbocycles. The Morgan fingerprint density at radius 3 is 2.36 bits per heavy atom. The van der Waals surface area contributed by atoms with Gasteiger partial charge in [-0.25, -0.2) is 13.2 Å². The number of aryl methyl sites for hydroxylation is 1. The minimum Gasteiger partial charge on any atom is -0.324 e. The Labute approximate surface area is 219 Å². The Kier molecular flexibility index (Phi) is 8.47. The average Bonchev–Trinajstić information content (AvgIpc) is 3.49. The molecule has 2 aliphatic heterocycles. The van der Waals surface area contributed by atoms with Gasteiger partial charge < -0.3 is 10.7 Å². The number of aromatic nitrogens is 1. The highest BCUT2D eigenvalue weighted by atomic mass is 32.2. The van der Waals surface area contributed by atoms with Gasteiger partial charge in [-0.3, -0.25) is 4.98 Å². The second kappa shape index (κ2) is 11.4. The van der Waals surface area contributed by atoms with Gasteiger partial charge in [0.2, 0.25) is 12.2 Å². The first-order valence-electron chi connectivity index (χ1n) is 11.6. The summed E-state index contributed by atoms with van der Waals surface area (Å²) in [6, 6.07) is 5.41. The third kappa shape index (κ3) is 5.08. The highest BCUT2D eigenvalue weighted by molar-refractivity contribution is 8.35. The number of halogens is 4. The molecule has 2 aromatic rings. The van der Waals surface area contributed by atoms with Crippen LogP contribution in [0.4, 0.5) is 17.6 Å². The molecule has 0 fully saturated rings. The van der Waals surface area contributed by atoms with Gasteiger partial charge in [0, 0.05) is 27.7 Å². The smallest absolute Gasteiger partial charge is 0.226 e. The molecule has 0 aliphatic carbocycles. The van der Waals surface area contributed by atoms with Crippen molar-refractivity contribution in [1.82, 2.24) is 10.3 Å². The van der Waals surface area contributed by atoms with E-state index in [1.165, 1.54) is 35.5 Å². The predicted molar refractivity (Wildman–Crippen MR) is 143 cm³/mol. The van der Waals surface area contributed by atoms with Crippen molar-refractivity contribution in [2.45, 2.75) is 52.8 Å². The number of thioether (sulfide) groups is 2. The first kappa shape index (κ1) is 26.8. The number of allylic oxidation sites excluding steroid dienone is 4. The zero-order valence-corrected chi connectivity index (χ0v) is 22.4. The molecular weight excluding hydrogens is 527 g/mol. The van der Waals surface area contributed by atoms with Gasteiger partial charge in [0.1, 0.15) is 0 Å². The fourth-order valence-corrected chi connectivity index (χ4v) is 8.24. The SMILES string of the molecule is CCCc1c/c(=c2/cc/c(=C(\C=N)C3=C(F)C(F)NC(F)=C3F)nc2)sc1=C1SC(CC)=C(CC)S1. The summed E-state index contributed by atoms with van der Waals surface area (Å²) in [7, 11) is 0. The molecule has 3 nitrogen and oxygen atoms in total. The summed E-state index contributed by atoms with van der Waals surface area (Å²) in [6.07, 6.45) is 3.66. The summed E-state index contributed by atoms with van der Waals surface area (Å²) in [4.78, 5) is 7.13. The van der Waals surface area contributed by atoms with Crippen LogP contribution in [0.15, 0.2) is 57.4 Å². The zero-order valence-electron chi connectivity index (χ0n) is 20.0. The number of rotatable bonds is 6. The predicted octanol–water partition coefficient (Wildman–Crippen LogP) is 6.99. The number of dihydropyridines is 1. The number of thiophene rings is 1. The number of hydrogen-bond acceptors (Lipinski definition) is 6. The highest BCUT2D eigenvalue weighted by Gasteiger charge is 2.32. The van der Waals surface area contributed by atoms with Gasteiger partial charge in [0.15, 0.2) is 11.7 Å². The normalized spacial score (nSPS) is 20.3. The maximum absolute atomic E-state index is 14.3. The Morgan fingerprint density at radius 2 is 1.81 bits per heavy atom. The fraction of sp³-hybridized carbons (Fsp3) is 0.308. The van der Waals surface area contributed by atoms with Crippen LogP contribution in [0, 0.1) is 15.2 Å². The zero-order chi connectivity index (χ0) is 26.0. The van der Waals surface area contributed by atoms with Crippen LogP contribution in [0.5, 0.6) is 0 Å². The molecule has 0 radical (unpaired) electrons. The molecule has 0 amide bonds. The third-order valence-electron chi connectivity index (χ3n) is 5.76. The lowest BCUT2D eigenvalue weighted by atomic mass is 10.0. The first-order chi connectivity index (χ1) is 17.3. The van der Waals surface area contributed by atoms with E-state index in [0.717, 1.165) is 35.4 Å². The fourth-order valence-electron chi connectivity index (χ4n) is 3.99. The Morgan fingerprint density at radius 1 is 1.11 bits per heavy atom. The van der Waals surface area contributed by atoms with Crippen molar-refractivity contribution < 1.29 is 17.6 Å². The molecule has 2 aliphatic rings. The third-order valence-corrected chi connectivity index (χ3v) is 10.2. The molecule has 1 unspecified atom stereocenters. The number of alkyl halides is 1. The van der Waals surface area contributed by atoms with Gasteiger partial charge in [0.05, 0.1) is 19.7 Å². The van der Waals surface area contributed by atoms with Crippen LogP contribution in [-0.4, -0.2) is 17.5 Å². The van der Waals surface area contributed by atoms with Crippen molar-refractivity contribution in [3.63, 3.8) is 0 Å². The summed E-state index contributed by atoms with van der Waals surface area (Å²) in [5, 5.41) is 9.94. The largest absolute Gasteiger partial charge is 0.324 e. The van der Waals surface area contributed by atoms with Crippen molar-refractivity contribution in [3.05, 3.63) is 82.6 Å². The summed E-state index contributed by atoms with van der Waals surface area (Å²) < 4.78 is 59.7. The Balaban J connectivity index is 1.88. The maximum Gasteiger partial charge on any atom is 0.226 e. The minimum absolute atomic E-state index is 0.0437. The Bertz CT molecular complexity index is 1480. The van der Waals surface area contributed by atoms with E-state index in [1.807, 2.05) is 23.5 Å². The summed E-state index contributed by atoms with van der Waals surface area (Å²) in [5.74, 6) is -4.73. The minimum atomic E-state index is -2.53. The van der Waals surface area contributed by atoms with Crippen LogP contribution in [0.2, 0.25) is 0 Å². The molecule has 2 aromatic heterocycles. The van der Waals surface area contributed by atoms with Crippen molar-refractivity contribution in [3.8, 4) is 0 Å². The molecule has 0 saturated heterocycles. The van der Waals surface area contributed by atoms with E-state index in [-0.39, 0.29) is 10.9 Å². The van der Waals surface area contributed by atoms with Gasteiger partial charge in [-0.15, -0.1) is 11.3 Å². The van der Waals surface area contributed by atoms with Crippen molar-refractivity contribution in [1.29, 1.82) is 5.41 Å². The van der Waals surface area contributed by atoms with E-state index in [0.29, 0.717) is 6.21 Å². The van der Waals surface area contributed by atoms with Gasteiger partial charge in [-0.1, -0.05) is 50.7 Å². The maximum atomic E-state index is 14.3. The topological polar surface area (TPSA) is 48.8 Å². The van der Waals surface area contributed by atoms with E-state index >= 15 is 0 Å². The molecule has 0 bridgehead atoms. The van der Waals surface area contributed by atoms with Crippen molar-refractivity contribution in [2.24, 2.45) is 0 Å². The first-order valence-corrected chi connectivity index (χ1v) is 14.1. The highest BCUT2D eigenvalue weighted by Crippen LogP contribution is 2.52. The molecule has 0 aromatic carbocycles. The lowest BCUT2D eigenvalue weighted by molar-refractivity contribution is 0.255. The number of hydrogen-bond donors (Lipinski definition) is 2. The van der Waals surface area contributed by atoms with Gasteiger partial charge >= 0.3 is 0 Å². The molecule has 4 rings (SSSR count). The van der Waals surface area contributed by atoms with Crippen LogP contribution in [0.3, 0.4) is 0 Å². The van der Waals surface area contributed by atoms with Crippen LogP contribution in [0.1, 0.15) is 45.6 Å². The number of pyridine rings is 1. The molecule has 0 spiro atoms. The molecule has 4 heterocycles. The van der Waals surface area contributed by atoms with E-state index in [9.17, 15) is 17.6 Å². The quantitative estimate of drug-likeness (QED) is 0.231. The molecule has 36 heavy (non-hydrogen) atoms. The van der Waals surface area contributed by atoms with Crippen LogP contribution >= 0.6 is 34.9 Å². The van der Waals surface area contributed by atoms with E-state index in [4.69, 9.17) is 5.41 Å². The second-order valence-corrected chi connectivity index (χ2v) is 11.6. The van der Waals surface area contributed by atoms with Crippen LogP contribution in [0.25, 0.3) is 9.81 Å². The average molecular weight is 552 g/mol. The molecule has 2 N–H and O–H groups in total. The van der Waals surface area contributed by atoms with Gasteiger partial charge in [-0.2, -0.15) is 4.39 Å². The Hall–Kier alpha value is -2.30. The van der Waals surface area contributed by atoms with E-state index in [2.05, 4.69) is 31.8 Å². The molecular formula is C26H25F4N3S3. The van der Waals surface area contributed by atoms with E-state index in [1.54, 1.807) is 23.6 Å². The lowest BCUT2D eigenvalue weighted by Gasteiger charge is -2.18. The van der Waals surface area contributed by atoms with Crippen molar-refractivity contribution in [2.75, 3.05) is 0 Å². The van der Waals surface area contributed by atoms with Crippen LogP contribution < -0.4 is 15.2 Å². The number of nitrogens with one attached hydrogen (secondary N) is 2. The van der Waals surface area contributed by atoms with Crippen LogP contribution in [-0.2, 0) is 6.42 Å². The summed E-state index contributed by atoms with van der Waals surface area (Å²) >= 11 is 5.38. The van der Waals surface area contributed by atoms with Gasteiger partial charge in [0.25, 0.3) is 0 Å². The number of nitrogens with zero attached hydrogens (tertiary/aromatic N) is 1. The standard InChI is InChI=1S/C26H25F4N3S3/c1-4-7-13-10-19(34-23(13)26-35-17(5-2)18(6-3)36-26)14-8-9-16(32-12-14)15(11-31)20-21(27)24(29)33-25(30)22(20)28/h8-12,24,31,33H,4-7H2,1-3H3/b16-15-,19-14+,31-11?. The molecule has 1 atom stereocenters. The van der Waals surface area contributed by atoms with Crippen molar-refractivity contribution >= 4 is 50.9 Å². The molecule has 190 valence electrons. The summed E-state index contributed by atoms with van der Waals surface area (Å²) in [6.45, 7) is 6.50. The summed E-state index contributed by atoms with van der Waals surface area (Å²) in [5.41, 5.74) is -0.000947. The second-order valence-electron chi connectivity index (χ2n) is 8.11. The lowest BCUT2D eigenvalue weighted by Crippen LogP contribution is -2.30. The van der Waals surface area contributed by atoms with E-state index < -0.39 is 29.5 Å². The van der Waals surface area contributed by atoms with Gasteiger partial charge in [-0.05, 0) is 52.8 Å². The molecule has 10 heteroatoms. The monoisotopic (exact) mass is 551 g/mol.